The third-order valence-corrected chi connectivity index (χ3v) is 3.72. The van der Waals surface area contributed by atoms with Crippen LogP contribution in [0.15, 0.2) is 35.1 Å². The van der Waals surface area contributed by atoms with Crippen molar-refractivity contribution in [3.8, 4) is 28.6 Å². The van der Waals surface area contributed by atoms with Crippen molar-refractivity contribution in [2.45, 2.75) is 0 Å². The summed E-state index contributed by atoms with van der Waals surface area (Å²) in [6.07, 6.45) is 0. The Hall–Kier alpha value is -2.73. The molecule has 0 atom stereocenters. The number of hydrogen-bond acceptors (Lipinski definition) is 5. The molecule has 118 valence electrons. The van der Waals surface area contributed by atoms with Crippen molar-refractivity contribution in [1.29, 1.82) is 0 Å². The first-order chi connectivity index (χ1) is 11.0. The highest BCUT2D eigenvalue weighted by Crippen LogP contribution is 2.31. The molecule has 0 saturated heterocycles. The van der Waals surface area contributed by atoms with Crippen LogP contribution in [0.25, 0.3) is 22.3 Å². The average molecular weight is 333 g/mol. The van der Waals surface area contributed by atoms with Gasteiger partial charge in [0.1, 0.15) is 28.5 Å². The third kappa shape index (κ3) is 2.68. The molecule has 2 N–H and O–H groups in total. The maximum Gasteiger partial charge on any atom is 0.262 e. The van der Waals surface area contributed by atoms with Crippen LogP contribution in [-0.2, 0) is 0 Å². The molecule has 0 aliphatic carbocycles. The van der Waals surface area contributed by atoms with Crippen molar-refractivity contribution in [1.82, 2.24) is 9.97 Å². The van der Waals surface area contributed by atoms with Gasteiger partial charge in [0, 0.05) is 17.7 Å². The molecule has 3 rings (SSSR count). The lowest BCUT2D eigenvalue weighted by Crippen LogP contribution is -2.11. The van der Waals surface area contributed by atoms with E-state index in [-0.39, 0.29) is 16.3 Å². The number of nitrogens with zero attached hydrogens (tertiary/aromatic N) is 1. The number of methoxy groups -OCH3 is 2. The van der Waals surface area contributed by atoms with Gasteiger partial charge in [-0.3, -0.25) is 4.79 Å². The van der Waals surface area contributed by atoms with E-state index < -0.39 is 0 Å². The summed E-state index contributed by atoms with van der Waals surface area (Å²) in [7, 11) is 2.99. The molecule has 0 radical (unpaired) electrons. The summed E-state index contributed by atoms with van der Waals surface area (Å²) in [5, 5.41) is 10.0. The molecule has 0 aliphatic rings. The molecule has 0 spiro atoms. The van der Waals surface area contributed by atoms with Gasteiger partial charge in [0.05, 0.1) is 24.8 Å². The Morgan fingerprint density at radius 2 is 1.96 bits per heavy atom. The topological polar surface area (TPSA) is 84.4 Å². The van der Waals surface area contributed by atoms with Gasteiger partial charge in [-0.05, 0) is 18.2 Å². The second-order valence-corrected chi connectivity index (χ2v) is 5.21. The Bertz CT molecular complexity index is 953. The lowest BCUT2D eigenvalue weighted by Gasteiger charge is -2.10. The number of halogens is 1. The maximum atomic E-state index is 12.4. The van der Waals surface area contributed by atoms with Gasteiger partial charge in [0.15, 0.2) is 0 Å². The van der Waals surface area contributed by atoms with Gasteiger partial charge < -0.3 is 19.6 Å². The van der Waals surface area contributed by atoms with Crippen molar-refractivity contribution in [2.24, 2.45) is 0 Å². The summed E-state index contributed by atoms with van der Waals surface area (Å²) in [4.78, 5) is 19.5. The SMILES string of the molecule is COc1cc(OC)c2c(=O)[nH]c(-c3ccc(O)cc3Cl)nc2c1. The minimum Gasteiger partial charge on any atom is -0.508 e. The quantitative estimate of drug-likeness (QED) is 0.770. The highest BCUT2D eigenvalue weighted by Gasteiger charge is 2.14. The highest BCUT2D eigenvalue weighted by atomic mass is 35.5. The fourth-order valence-electron chi connectivity index (χ4n) is 2.31. The van der Waals surface area contributed by atoms with E-state index in [9.17, 15) is 9.90 Å². The van der Waals surface area contributed by atoms with E-state index in [0.29, 0.717) is 33.8 Å². The second-order valence-electron chi connectivity index (χ2n) is 4.80. The Morgan fingerprint density at radius 3 is 2.61 bits per heavy atom. The minimum absolute atomic E-state index is 0.0326. The molecule has 0 amide bonds. The molecule has 0 fully saturated rings. The number of H-pyrrole nitrogens is 1. The van der Waals surface area contributed by atoms with Crippen LogP contribution in [0.5, 0.6) is 17.2 Å². The van der Waals surface area contributed by atoms with Gasteiger partial charge in [0.2, 0.25) is 0 Å². The maximum absolute atomic E-state index is 12.4. The van der Waals surface area contributed by atoms with Crippen LogP contribution in [0.3, 0.4) is 0 Å². The van der Waals surface area contributed by atoms with Crippen LogP contribution in [0.4, 0.5) is 0 Å². The number of hydrogen-bond donors (Lipinski definition) is 2. The van der Waals surface area contributed by atoms with Gasteiger partial charge in [-0.2, -0.15) is 0 Å². The third-order valence-electron chi connectivity index (χ3n) is 3.41. The average Bonchev–Trinajstić information content (AvgIpc) is 2.53. The molecule has 3 aromatic rings. The first-order valence-electron chi connectivity index (χ1n) is 6.68. The number of rotatable bonds is 3. The number of nitrogens with one attached hydrogen (secondary N) is 1. The van der Waals surface area contributed by atoms with Crippen LogP contribution in [-0.4, -0.2) is 29.3 Å². The summed E-state index contributed by atoms with van der Waals surface area (Å²) in [6, 6.07) is 7.70. The minimum atomic E-state index is -0.353. The standard InChI is InChI=1S/C16H13ClN2O4/c1-22-9-6-12-14(13(7-9)23-2)16(21)19-15(18-12)10-4-3-8(20)5-11(10)17/h3-7,20H,1-2H3,(H,18,19,21). The van der Waals surface area contributed by atoms with E-state index >= 15 is 0 Å². The number of benzene rings is 2. The van der Waals surface area contributed by atoms with Crippen molar-refractivity contribution in [3.63, 3.8) is 0 Å². The molecule has 2 aromatic carbocycles. The Kier molecular flexibility index (Phi) is 3.83. The summed E-state index contributed by atoms with van der Waals surface area (Å²) < 4.78 is 10.4. The van der Waals surface area contributed by atoms with Crippen molar-refractivity contribution in [3.05, 3.63) is 45.7 Å². The molecule has 0 bridgehead atoms. The number of phenolic OH excluding ortho intramolecular Hbond substituents is 1. The van der Waals surface area contributed by atoms with Crippen LogP contribution in [0.1, 0.15) is 0 Å². The zero-order chi connectivity index (χ0) is 16.6. The first-order valence-corrected chi connectivity index (χ1v) is 7.06. The molecule has 1 heterocycles. The summed E-state index contributed by atoms with van der Waals surface area (Å²) in [6.45, 7) is 0. The molecular weight excluding hydrogens is 320 g/mol. The number of ether oxygens (including phenoxy) is 2. The largest absolute Gasteiger partial charge is 0.508 e. The van der Waals surface area contributed by atoms with E-state index in [1.165, 1.54) is 26.4 Å². The fourth-order valence-corrected chi connectivity index (χ4v) is 2.58. The second kappa shape index (κ2) is 5.81. The van der Waals surface area contributed by atoms with E-state index in [0.717, 1.165) is 0 Å². The van der Waals surface area contributed by atoms with Crippen LogP contribution >= 0.6 is 11.6 Å². The molecule has 0 saturated carbocycles. The van der Waals surface area contributed by atoms with E-state index in [4.69, 9.17) is 21.1 Å². The van der Waals surface area contributed by atoms with E-state index in [1.807, 2.05) is 0 Å². The molecule has 0 unspecified atom stereocenters. The Morgan fingerprint density at radius 1 is 1.17 bits per heavy atom. The molecular formula is C16H13ClN2O4. The van der Waals surface area contributed by atoms with E-state index in [1.54, 1.807) is 18.2 Å². The molecule has 23 heavy (non-hydrogen) atoms. The van der Waals surface area contributed by atoms with Gasteiger partial charge in [-0.25, -0.2) is 4.98 Å². The van der Waals surface area contributed by atoms with Crippen molar-refractivity contribution >= 4 is 22.5 Å². The first kappa shape index (κ1) is 15.2. The van der Waals surface area contributed by atoms with Crippen LogP contribution in [0, 0.1) is 0 Å². The number of phenols is 1. The Balaban J connectivity index is 2.31. The summed E-state index contributed by atoms with van der Waals surface area (Å²) in [5.74, 6) is 1.22. The summed E-state index contributed by atoms with van der Waals surface area (Å²) >= 11 is 6.11. The normalized spacial score (nSPS) is 10.7. The fraction of sp³-hybridized carbons (Fsp3) is 0.125. The monoisotopic (exact) mass is 332 g/mol. The van der Waals surface area contributed by atoms with E-state index in [2.05, 4.69) is 9.97 Å². The number of aromatic amines is 1. The van der Waals surface area contributed by atoms with Gasteiger partial charge in [-0.1, -0.05) is 11.6 Å². The van der Waals surface area contributed by atoms with Crippen LogP contribution < -0.4 is 15.0 Å². The number of aromatic nitrogens is 2. The molecule has 7 heteroatoms. The molecule has 0 aliphatic heterocycles. The predicted molar refractivity (Wildman–Crippen MR) is 87.6 cm³/mol. The van der Waals surface area contributed by atoms with Crippen LogP contribution in [0.2, 0.25) is 5.02 Å². The van der Waals surface area contributed by atoms with Gasteiger partial charge in [-0.15, -0.1) is 0 Å². The smallest absolute Gasteiger partial charge is 0.262 e. The number of aromatic hydroxyl groups is 1. The lowest BCUT2D eigenvalue weighted by atomic mass is 10.1. The number of fused-ring (bicyclic) bond motifs is 1. The highest BCUT2D eigenvalue weighted by molar-refractivity contribution is 6.33. The van der Waals surface area contributed by atoms with Crippen molar-refractivity contribution in [2.75, 3.05) is 14.2 Å². The lowest BCUT2D eigenvalue weighted by molar-refractivity contribution is 0.397. The van der Waals surface area contributed by atoms with Gasteiger partial charge >= 0.3 is 0 Å². The molecule has 6 nitrogen and oxygen atoms in total. The predicted octanol–water partition coefficient (Wildman–Crippen LogP) is 2.97. The molecule has 1 aromatic heterocycles. The summed E-state index contributed by atoms with van der Waals surface area (Å²) in [5.41, 5.74) is 0.572. The van der Waals surface area contributed by atoms with Crippen molar-refractivity contribution < 1.29 is 14.6 Å². The zero-order valence-electron chi connectivity index (χ0n) is 12.4. The Labute approximate surface area is 136 Å². The zero-order valence-corrected chi connectivity index (χ0v) is 13.1. The van der Waals surface area contributed by atoms with Gasteiger partial charge in [0.25, 0.3) is 5.56 Å².